The Morgan fingerprint density at radius 1 is 0.900 bits per heavy atom. The van der Waals surface area contributed by atoms with E-state index in [-0.39, 0.29) is 37.8 Å². The average molecular weight is 613 g/mol. The van der Waals surface area contributed by atoms with E-state index >= 15 is 0 Å². The summed E-state index contributed by atoms with van der Waals surface area (Å²) in [7, 11) is -3.93. The molecule has 1 saturated heterocycles. The van der Waals surface area contributed by atoms with E-state index in [0.717, 1.165) is 11.1 Å². The lowest BCUT2D eigenvalue weighted by Crippen LogP contribution is -2.27. The van der Waals surface area contributed by atoms with Crippen molar-refractivity contribution in [3.05, 3.63) is 124 Å². The van der Waals surface area contributed by atoms with E-state index in [1.165, 1.54) is 30.3 Å². The van der Waals surface area contributed by atoms with Gasteiger partial charge in [-0.25, -0.2) is 8.42 Å². The summed E-state index contributed by atoms with van der Waals surface area (Å²) in [6.45, 7) is 0.521. The SMILES string of the molecule is O=C(Nc1ccc(S(=O)(=O)Nc2cccc(Cl)c2Cl)cc1)c1ccc([C@H]2SCC(=O)N2Cc2ccccc2)cc1. The molecule has 1 fully saturated rings. The lowest BCUT2D eigenvalue weighted by molar-refractivity contribution is -0.128. The molecular formula is C29H23Cl2N3O4S2. The molecule has 1 aliphatic rings. The molecule has 0 aliphatic carbocycles. The molecule has 0 unspecified atom stereocenters. The Bertz CT molecular complexity index is 1650. The van der Waals surface area contributed by atoms with Gasteiger partial charge < -0.3 is 10.2 Å². The Labute approximate surface area is 246 Å². The molecule has 11 heteroatoms. The molecule has 1 aliphatic heterocycles. The number of benzene rings is 4. The number of carbonyl (C=O) groups excluding carboxylic acids is 2. The highest BCUT2D eigenvalue weighted by Gasteiger charge is 2.32. The van der Waals surface area contributed by atoms with Crippen molar-refractivity contribution in [1.82, 2.24) is 4.90 Å². The van der Waals surface area contributed by atoms with E-state index in [1.807, 2.05) is 47.4 Å². The second-order valence-corrected chi connectivity index (χ2v) is 12.5. The molecule has 0 radical (unpaired) electrons. The van der Waals surface area contributed by atoms with Gasteiger partial charge in [0.1, 0.15) is 5.37 Å². The smallest absolute Gasteiger partial charge is 0.261 e. The van der Waals surface area contributed by atoms with Gasteiger partial charge in [0.15, 0.2) is 0 Å². The lowest BCUT2D eigenvalue weighted by atomic mass is 10.1. The van der Waals surface area contributed by atoms with E-state index in [0.29, 0.717) is 23.5 Å². The van der Waals surface area contributed by atoms with Crippen molar-refractivity contribution in [2.45, 2.75) is 16.8 Å². The third kappa shape index (κ3) is 6.28. The molecule has 0 bridgehead atoms. The topological polar surface area (TPSA) is 95.6 Å². The van der Waals surface area contributed by atoms with Gasteiger partial charge in [0, 0.05) is 17.8 Å². The number of halogens is 2. The molecule has 7 nitrogen and oxygen atoms in total. The van der Waals surface area contributed by atoms with Crippen LogP contribution in [0.3, 0.4) is 0 Å². The minimum absolute atomic E-state index is 0.00504. The molecule has 0 saturated carbocycles. The van der Waals surface area contributed by atoms with Crippen LogP contribution in [0.1, 0.15) is 26.9 Å². The quantitative estimate of drug-likeness (QED) is 0.228. The number of amides is 2. The Balaban J connectivity index is 1.23. The maximum Gasteiger partial charge on any atom is 0.261 e. The third-order valence-electron chi connectivity index (χ3n) is 6.24. The number of rotatable bonds is 8. The van der Waals surface area contributed by atoms with E-state index in [4.69, 9.17) is 23.2 Å². The van der Waals surface area contributed by atoms with Gasteiger partial charge in [0.25, 0.3) is 15.9 Å². The van der Waals surface area contributed by atoms with E-state index in [1.54, 1.807) is 36.0 Å². The molecule has 1 heterocycles. The van der Waals surface area contributed by atoms with Crippen molar-refractivity contribution in [3.8, 4) is 0 Å². The molecule has 2 N–H and O–H groups in total. The van der Waals surface area contributed by atoms with E-state index < -0.39 is 10.0 Å². The first kappa shape index (κ1) is 28.0. The zero-order chi connectivity index (χ0) is 28.3. The van der Waals surface area contributed by atoms with Gasteiger partial charge in [-0.3, -0.25) is 14.3 Å². The van der Waals surface area contributed by atoms with Gasteiger partial charge >= 0.3 is 0 Å². The number of nitrogens with zero attached hydrogens (tertiary/aromatic N) is 1. The average Bonchev–Trinajstić information content (AvgIpc) is 3.31. The van der Waals surface area contributed by atoms with Crippen LogP contribution in [0.25, 0.3) is 0 Å². The summed E-state index contributed by atoms with van der Waals surface area (Å²) in [6.07, 6.45) is 0. The third-order valence-corrected chi connectivity index (χ3v) is 9.70. The Kier molecular flexibility index (Phi) is 8.37. The number of hydrogen-bond acceptors (Lipinski definition) is 5. The van der Waals surface area contributed by atoms with Gasteiger partial charge in [-0.2, -0.15) is 0 Å². The normalized spacial score (nSPS) is 15.2. The van der Waals surface area contributed by atoms with Gasteiger partial charge in [-0.05, 0) is 59.7 Å². The molecule has 40 heavy (non-hydrogen) atoms. The second-order valence-electron chi connectivity index (χ2n) is 8.98. The van der Waals surface area contributed by atoms with Gasteiger partial charge in [-0.15, -0.1) is 11.8 Å². The number of sulfonamides is 1. The Hall–Kier alpha value is -3.50. The highest BCUT2D eigenvalue weighted by Crippen LogP contribution is 2.39. The second kappa shape index (κ2) is 11.9. The van der Waals surface area contributed by atoms with Crippen LogP contribution in [-0.4, -0.2) is 30.9 Å². The number of hydrogen-bond donors (Lipinski definition) is 2. The van der Waals surface area contributed by atoms with Crippen molar-refractivity contribution < 1.29 is 18.0 Å². The van der Waals surface area contributed by atoms with Gasteiger partial charge in [0.2, 0.25) is 5.91 Å². The first-order valence-electron chi connectivity index (χ1n) is 12.1. The Morgan fingerprint density at radius 3 is 2.30 bits per heavy atom. The maximum atomic E-state index is 12.9. The first-order valence-corrected chi connectivity index (χ1v) is 15.4. The highest BCUT2D eigenvalue weighted by molar-refractivity contribution is 8.00. The largest absolute Gasteiger partial charge is 0.322 e. The van der Waals surface area contributed by atoms with Crippen molar-refractivity contribution in [1.29, 1.82) is 0 Å². The highest BCUT2D eigenvalue weighted by atomic mass is 35.5. The predicted octanol–water partition coefficient (Wildman–Crippen LogP) is 6.82. The van der Waals surface area contributed by atoms with Crippen LogP contribution in [0.4, 0.5) is 11.4 Å². The molecule has 0 aromatic heterocycles. The lowest BCUT2D eigenvalue weighted by Gasteiger charge is -2.24. The zero-order valence-corrected chi connectivity index (χ0v) is 24.0. The van der Waals surface area contributed by atoms with Crippen LogP contribution in [0.5, 0.6) is 0 Å². The minimum Gasteiger partial charge on any atom is -0.322 e. The number of carbonyl (C=O) groups is 2. The number of anilines is 2. The molecule has 204 valence electrons. The summed E-state index contributed by atoms with van der Waals surface area (Å²) in [4.78, 5) is 27.2. The fraction of sp³-hybridized carbons (Fsp3) is 0.103. The zero-order valence-electron chi connectivity index (χ0n) is 20.9. The number of nitrogens with one attached hydrogen (secondary N) is 2. The molecule has 4 aromatic carbocycles. The molecule has 4 aromatic rings. The molecule has 0 spiro atoms. The number of thioether (sulfide) groups is 1. The summed E-state index contributed by atoms with van der Waals surface area (Å²) in [5.41, 5.74) is 3.02. The van der Waals surface area contributed by atoms with Crippen LogP contribution in [0.15, 0.2) is 102 Å². The Morgan fingerprint density at radius 2 is 1.60 bits per heavy atom. The van der Waals surface area contributed by atoms with Gasteiger partial charge in [-0.1, -0.05) is 71.7 Å². The van der Waals surface area contributed by atoms with Gasteiger partial charge in [0.05, 0.1) is 26.4 Å². The fourth-order valence-corrected chi connectivity index (χ4v) is 6.85. The summed E-state index contributed by atoms with van der Waals surface area (Å²) in [5, 5.41) is 2.98. The summed E-state index contributed by atoms with van der Waals surface area (Å²) >= 11 is 13.6. The molecule has 1 atom stereocenters. The van der Waals surface area contributed by atoms with Crippen molar-refractivity contribution in [2.75, 3.05) is 15.8 Å². The summed E-state index contributed by atoms with van der Waals surface area (Å²) in [5.74, 6) is 0.145. The maximum absolute atomic E-state index is 12.9. The molecule has 2 amide bonds. The standard InChI is InChI=1S/C29H23Cl2N3O4S2/c30-24-7-4-8-25(27(24)31)33-40(37,38)23-15-13-22(14-16-23)32-28(36)20-9-11-21(12-10-20)29-34(26(35)18-39-29)17-19-5-2-1-3-6-19/h1-16,29,33H,17-18H2,(H,32,36)/t29-/m1/s1. The van der Waals surface area contributed by atoms with Crippen LogP contribution < -0.4 is 10.0 Å². The fourth-order valence-electron chi connectivity index (χ4n) is 4.19. The van der Waals surface area contributed by atoms with E-state index in [9.17, 15) is 18.0 Å². The van der Waals surface area contributed by atoms with Crippen LogP contribution in [-0.2, 0) is 21.4 Å². The van der Waals surface area contributed by atoms with Crippen molar-refractivity contribution >= 4 is 68.2 Å². The summed E-state index contributed by atoms with van der Waals surface area (Å²) in [6, 6.07) is 27.4. The van der Waals surface area contributed by atoms with Crippen LogP contribution in [0.2, 0.25) is 10.0 Å². The molecule has 5 rings (SSSR count). The first-order chi connectivity index (χ1) is 19.2. The monoisotopic (exact) mass is 611 g/mol. The van der Waals surface area contributed by atoms with Crippen LogP contribution in [0, 0.1) is 0 Å². The van der Waals surface area contributed by atoms with E-state index in [2.05, 4.69) is 10.0 Å². The van der Waals surface area contributed by atoms with Crippen LogP contribution >= 0.6 is 35.0 Å². The van der Waals surface area contributed by atoms with Crippen molar-refractivity contribution in [2.24, 2.45) is 0 Å². The minimum atomic E-state index is -3.93. The molecular weight excluding hydrogens is 589 g/mol. The van der Waals surface area contributed by atoms with Crippen molar-refractivity contribution in [3.63, 3.8) is 0 Å². The predicted molar refractivity (Wildman–Crippen MR) is 160 cm³/mol. The summed E-state index contributed by atoms with van der Waals surface area (Å²) < 4.78 is 28.0.